The molecule has 0 radical (unpaired) electrons. The van der Waals surface area contributed by atoms with E-state index in [1.807, 2.05) is 45.9 Å². The van der Waals surface area contributed by atoms with E-state index >= 15 is 0 Å². The molecule has 6 aromatic rings. The maximum absolute atomic E-state index is 13.2. The zero-order valence-electron chi connectivity index (χ0n) is 61.7. The molecule has 30 heteroatoms. The van der Waals surface area contributed by atoms with E-state index in [1.54, 1.807) is 53.7 Å². The van der Waals surface area contributed by atoms with Crippen molar-refractivity contribution in [1.82, 2.24) is 26.6 Å². The SMILES string of the molecule is CCCCC(CC)Cn1c(O)c(C#N)c(C)c(N=Nc2ccc(S(=O)(=O)N(CC)CC)cc2)c1=O.CCCCCCn1c(O)c(C#N)c(C)c(N=Nc2ccc(S(=O)(=O)N(CCCC)CCCC)cc2)c1=O.CCCCc1c(C#N)c(O)n(C)c(=O)c1N=Nc1ccc(S(=O)(=O)N(CC)CC)cc1. The molecule has 0 aliphatic rings. The Hall–Kier alpha value is -9.09. The van der Waals surface area contributed by atoms with Gasteiger partial charge in [0.05, 0.1) is 31.7 Å². The molecular weight excluding hydrogens is 1380 g/mol. The fourth-order valence-electron chi connectivity index (χ4n) is 11.0. The Kier molecular flexibility index (Phi) is 35.1. The highest BCUT2D eigenvalue weighted by molar-refractivity contribution is 7.89. The lowest BCUT2D eigenvalue weighted by atomic mass is 9.99. The number of rotatable bonds is 36. The van der Waals surface area contributed by atoms with E-state index in [0.717, 1.165) is 81.6 Å². The molecule has 1 atom stereocenters. The third-order valence-corrected chi connectivity index (χ3v) is 23.5. The van der Waals surface area contributed by atoms with E-state index in [4.69, 9.17) is 0 Å². The molecule has 0 saturated carbocycles. The molecule has 0 aliphatic heterocycles. The Morgan fingerprint density at radius 3 is 1.17 bits per heavy atom. The average Bonchev–Trinajstić information content (AvgIpc) is 0.778. The maximum Gasteiger partial charge on any atom is 0.281 e. The quantitative estimate of drug-likeness (QED) is 0.0243. The Bertz CT molecular complexity index is 4580. The first-order valence-corrected chi connectivity index (χ1v) is 39.6. The van der Waals surface area contributed by atoms with Gasteiger partial charge in [-0.2, -0.15) is 44.0 Å². The second-order valence-electron chi connectivity index (χ2n) is 24.4. The minimum atomic E-state index is -3.63. The molecule has 103 heavy (non-hydrogen) atoms. The van der Waals surface area contributed by atoms with Crippen molar-refractivity contribution in [1.29, 1.82) is 15.8 Å². The van der Waals surface area contributed by atoms with Gasteiger partial charge in [-0.25, -0.2) is 25.3 Å². The molecule has 3 aromatic carbocycles. The van der Waals surface area contributed by atoms with Crippen molar-refractivity contribution in [2.45, 2.75) is 207 Å². The molecule has 6 rings (SSSR count). The highest BCUT2D eigenvalue weighted by Gasteiger charge is 2.27. The highest BCUT2D eigenvalue weighted by atomic mass is 32.2. The van der Waals surface area contributed by atoms with Gasteiger partial charge in [0, 0.05) is 76.1 Å². The van der Waals surface area contributed by atoms with Gasteiger partial charge < -0.3 is 15.3 Å². The number of nitrogens with zero attached hydrogens (tertiary/aromatic N) is 15. The summed E-state index contributed by atoms with van der Waals surface area (Å²) in [5.74, 6) is -0.929. The number of aromatic nitrogens is 3. The first-order chi connectivity index (χ1) is 49.1. The van der Waals surface area contributed by atoms with Gasteiger partial charge in [-0.05, 0) is 131 Å². The van der Waals surface area contributed by atoms with Crippen molar-refractivity contribution < 1.29 is 40.6 Å². The lowest BCUT2D eigenvalue weighted by molar-refractivity contribution is 0.339. The third kappa shape index (κ3) is 22.2. The predicted molar refractivity (Wildman–Crippen MR) is 398 cm³/mol. The number of sulfonamides is 3. The van der Waals surface area contributed by atoms with Gasteiger partial charge in [0.1, 0.15) is 34.9 Å². The standard InChI is InChI=1S/C27H39N5O4S.C25H35N5O4S.C21H27N5O4S/c1-5-8-11-12-19-32-26(33)24(20-28)21(4)25(27(32)34)30-29-22-13-15-23(16-14-22)37(35,36)31(17-9-6-2)18-10-7-3;1-6-10-11-19(7-2)17-30-24(31)22(16-26)18(5)23(25(30)32)28-27-20-12-14-21(15-13-20)35(33,34)29(8-3)9-4;1-5-8-9-17-18(14-22)20(27)25(4)21(28)19(17)24-23-15-10-12-16(13-11-15)31(29,30)26(6-2)7-3/h13-16,33H,5-12,17-19H2,1-4H3;12-15,19,31H,6-11,17H2,1-5H3;10-13,27H,5-9H2,1-4H3. The van der Waals surface area contributed by atoms with Gasteiger partial charge in [0.2, 0.25) is 47.7 Å². The van der Waals surface area contributed by atoms with Crippen LogP contribution in [0.2, 0.25) is 0 Å². The minimum Gasteiger partial charge on any atom is -0.493 e. The van der Waals surface area contributed by atoms with Crippen molar-refractivity contribution in [3.8, 4) is 35.8 Å². The van der Waals surface area contributed by atoms with Gasteiger partial charge in [0.25, 0.3) is 16.7 Å². The van der Waals surface area contributed by atoms with E-state index in [1.165, 1.54) is 89.8 Å². The van der Waals surface area contributed by atoms with Crippen molar-refractivity contribution in [2.75, 3.05) is 39.3 Å². The van der Waals surface area contributed by atoms with Crippen LogP contribution in [0, 0.1) is 53.8 Å². The number of aromatic hydroxyl groups is 3. The monoisotopic (exact) mass is 1480 g/mol. The summed E-state index contributed by atoms with van der Waals surface area (Å²) < 4.78 is 84.4. The van der Waals surface area contributed by atoms with Gasteiger partial charge in [-0.15, -0.1) is 15.3 Å². The normalized spacial score (nSPS) is 12.2. The maximum atomic E-state index is 13.2. The van der Waals surface area contributed by atoms with Crippen LogP contribution in [0.5, 0.6) is 17.6 Å². The number of nitriles is 3. The lowest BCUT2D eigenvalue weighted by Crippen LogP contribution is -2.33. The second kappa shape index (κ2) is 41.9. The van der Waals surface area contributed by atoms with Gasteiger partial charge in [-0.3, -0.25) is 28.1 Å². The molecule has 0 saturated heterocycles. The Morgan fingerprint density at radius 1 is 0.437 bits per heavy atom. The van der Waals surface area contributed by atoms with E-state index in [0.29, 0.717) is 81.2 Å². The van der Waals surface area contributed by atoms with Crippen LogP contribution in [-0.2, 0) is 56.6 Å². The fraction of sp³-hybridized carbons (Fsp3) is 0.507. The summed E-state index contributed by atoms with van der Waals surface area (Å²) in [4.78, 5) is 39.4. The number of hydrogen-bond acceptors (Lipinski definition) is 21. The molecule has 3 heterocycles. The fourth-order valence-corrected chi connectivity index (χ4v) is 15.4. The van der Waals surface area contributed by atoms with Crippen molar-refractivity contribution in [3.63, 3.8) is 0 Å². The van der Waals surface area contributed by atoms with E-state index in [9.17, 15) is 70.7 Å². The molecule has 558 valence electrons. The van der Waals surface area contributed by atoms with Gasteiger partial charge in [-0.1, -0.05) is 127 Å². The zero-order valence-corrected chi connectivity index (χ0v) is 64.2. The Morgan fingerprint density at radius 2 is 0.806 bits per heavy atom. The second-order valence-corrected chi connectivity index (χ2v) is 30.2. The molecule has 1 unspecified atom stereocenters. The average molecular weight is 1480 g/mol. The summed E-state index contributed by atoms with van der Waals surface area (Å²) >= 11 is 0. The number of hydrogen-bond donors (Lipinski definition) is 3. The van der Waals surface area contributed by atoms with Crippen LogP contribution in [0.15, 0.2) is 133 Å². The largest absolute Gasteiger partial charge is 0.493 e. The van der Waals surface area contributed by atoms with E-state index in [2.05, 4.69) is 44.5 Å². The molecule has 0 spiro atoms. The molecule has 3 N–H and O–H groups in total. The smallest absolute Gasteiger partial charge is 0.281 e. The van der Waals surface area contributed by atoms with Crippen molar-refractivity contribution >= 4 is 64.2 Å². The molecule has 0 amide bonds. The number of pyridine rings is 3. The predicted octanol–water partition coefficient (Wildman–Crippen LogP) is 15.5. The Labute approximate surface area is 607 Å². The van der Waals surface area contributed by atoms with Crippen LogP contribution in [-0.4, -0.2) is 106 Å². The summed E-state index contributed by atoms with van der Waals surface area (Å²) in [5.41, 5.74) is 0.269. The third-order valence-electron chi connectivity index (χ3n) is 17.4. The zero-order chi connectivity index (χ0) is 76.8. The summed E-state index contributed by atoms with van der Waals surface area (Å²) in [5, 5.41) is 84.5. The van der Waals surface area contributed by atoms with Crippen molar-refractivity contribution in [2.24, 2.45) is 43.7 Å². The first-order valence-electron chi connectivity index (χ1n) is 35.2. The Balaban J connectivity index is 0.000000329. The van der Waals surface area contributed by atoms with Crippen LogP contribution >= 0.6 is 0 Å². The summed E-state index contributed by atoms with van der Waals surface area (Å²) in [6.07, 6.45) is 12.8. The first kappa shape index (κ1) is 86.3. The van der Waals surface area contributed by atoms with Crippen LogP contribution < -0.4 is 16.7 Å². The van der Waals surface area contributed by atoms with Crippen molar-refractivity contribution in [3.05, 3.63) is 137 Å². The highest BCUT2D eigenvalue weighted by Crippen LogP contribution is 2.33. The molecule has 3 aromatic heterocycles. The topological polar surface area (TPSA) is 384 Å². The lowest BCUT2D eigenvalue weighted by Gasteiger charge is -2.22. The molecule has 0 aliphatic carbocycles. The number of benzene rings is 3. The van der Waals surface area contributed by atoms with Crippen LogP contribution in [0.4, 0.5) is 34.1 Å². The van der Waals surface area contributed by atoms with Crippen LogP contribution in [0.3, 0.4) is 0 Å². The van der Waals surface area contributed by atoms with Crippen LogP contribution in [0.1, 0.15) is 193 Å². The molecule has 0 bridgehead atoms. The summed E-state index contributed by atoms with van der Waals surface area (Å²) in [6, 6.07) is 23.7. The molecule has 0 fully saturated rings. The van der Waals surface area contributed by atoms with E-state index < -0.39 is 52.6 Å². The van der Waals surface area contributed by atoms with Gasteiger partial charge >= 0.3 is 0 Å². The minimum absolute atomic E-state index is 0.00478. The van der Waals surface area contributed by atoms with Gasteiger partial charge in [0.15, 0.2) is 17.1 Å². The van der Waals surface area contributed by atoms with E-state index in [-0.39, 0.29) is 90.3 Å². The molecular formula is C73H101N15O12S3. The number of azo groups is 3. The number of unbranched alkanes of at least 4 members (excludes halogenated alkanes) is 7. The summed E-state index contributed by atoms with van der Waals surface area (Å²) in [6.45, 7) is 25.4. The molecule has 27 nitrogen and oxygen atoms in total. The van der Waals surface area contributed by atoms with Crippen LogP contribution in [0.25, 0.3) is 0 Å². The summed E-state index contributed by atoms with van der Waals surface area (Å²) in [7, 11) is -9.46.